The summed E-state index contributed by atoms with van der Waals surface area (Å²) in [5.74, 6) is -0.0179. The standard InChI is InChI=1S/C22H16N6O/c29-22-19(17-8-4-5-9-18(17)24-22)20(14-6-2-1-3-7-14)23-16-12-10-15(11-13-16)21-25-27-28-26-21/h1-13,19H,(H,24,29)(H,25,26,27,28). The summed E-state index contributed by atoms with van der Waals surface area (Å²) in [6.45, 7) is 0. The molecule has 5 rings (SSSR count). The lowest BCUT2D eigenvalue weighted by Gasteiger charge is -2.14. The molecule has 0 radical (unpaired) electrons. The molecule has 3 aromatic carbocycles. The van der Waals surface area contributed by atoms with Gasteiger partial charge in [0.25, 0.3) is 0 Å². The van der Waals surface area contributed by atoms with Crippen LogP contribution in [0.1, 0.15) is 17.0 Å². The monoisotopic (exact) mass is 380 g/mol. The minimum Gasteiger partial charge on any atom is -0.325 e. The largest absolute Gasteiger partial charge is 0.325 e. The Labute approximate surface area is 166 Å². The van der Waals surface area contributed by atoms with E-state index in [2.05, 4.69) is 25.9 Å². The SMILES string of the molecule is O=C1Nc2ccccc2C1C(=Nc1ccc(-c2nn[nH]n2)cc1)c1ccccc1. The topological polar surface area (TPSA) is 95.9 Å². The first-order valence-corrected chi connectivity index (χ1v) is 9.17. The van der Waals surface area contributed by atoms with Gasteiger partial charge < -0.3 is 5.32 Å². The highest BCUT2D eigenvalue weighted by molar-refractivity contribution is 6.24. The number of carbonyl (C=O) groups excluding carboxylic acids is 1. The smallest absolute Gasteiger partial charge is 0.238 e. The molecule has 1 atom stereocenters. The van der Waals surface area contributed by atoms with Crippen LogP contribution in [0.25, 0.3) is 11.4 Å². The summed E-state index contributed by atoms with van der Waals surface area (Å²) >= 11 is 0. The van der Waals surface area contributed by atoms with Crippen molar-refractivity contribution in [2.45, 2.75) is 5.92 Å². The van der Waals surface area contributed by atoms with Crippen LogP contribution in [-0.4, -0.2) is 32.2 Å². The summed E-state index contributed by atoms with van der Waals surface area (Å²) in [6, 6.07) is 25.1. The Kier molecular flexibility index (Phi) is 4.18. The molecular weight excluding hydrogens is 364 g/mol. The van der Waals surface area contributed by atoms with Crippen molar-refractivity contribution in [3.8, 4) is 11.4 Å². The normalized spacial score (nSPS) is 15.8. The first-order chi connectivity index (χ1) is 14.3. The van der Waals surface area contributed by atoms with E-state index < -0.39 is 5.92 Å². The Morgan fingerprint density at radius 3 is 2.41 bits per heavy atom. The van der Waals surface area contributed by atoms with E-state index >= 15 is 0 Å². The molecule has 4 aromatic rings. The van der Waals surface area contributed by atoms with E-state index in [4.69, 9.17) is 4.99 Å². The van der Waals surface area contributed by atoms with Crippen LogP contribution in [0.3, 0.4) is 0 Å². The van der Waals surface area contributed by atoms with Crippen molar-refractivity contribution < 1.29 is 4.79 Å². The Morgan fingerprint density at radius 1 is 0.897 bits per heavy atom. The first-order valence-electron chi connectivity index (χ1n) is 9.17. The molecule has 29 heavy (non-hydrogen) atoms. The van der Waals surface area contributed by atoms with Gasteiger partial charge in [-0.15, -0.1) is 10.2 Å². The van der Waals surface area contributed by atoms with Crippen LogP contribution in [0, 0.1) is 0 Å². The van der Waals surface area contributed by atoms with Crippen LogP contribution in [0.4, 0.5) is 11.4 Å². The second-order valence-electron chi connectivity index (χ2n) is 6.65. The van der Waals surface area contributed by atoms with Crippen LogP contribution >= 0.6 is 0 Å². The number of amides is 1. The first kappa shape index (κ1) is 17.0. The van der Waals surface area contributed by atoms with Crippen LogP contribution in [-0.2, 0) is 4.79 Å². The van der Waals surface area contributed by atoms with Gasteiger partial charge >= 0.3 is 0 Å². The summed E-state index contributed by atoms with van der Waals surface area (Å²) < 4.78 is 0. The number of aliphatic imine (C=N–C) groups is 1. The van der Waals surface area contributed by atoms with Gasteiger partial charge in [-0.1, -0.05) is 48.5 Å². The predicted octanol–water partition coefficient (Wildman–Crippen LogP) is 3.72. The third-order valence-corrected chi connectivity index (χ3v) is 4.86. The molecular formula is C22H16N6O. The van der Waals surface area contributed by atoms with E-state index in [1.807, 2.05) is 78.9 Å². The molecule has 140 valence electrons. The Balaban J connectivity index is 1.59. The number of tetrazole rings is 1. The van der Waals surface area contributed by atoms with E-state index in [1.165, 1.54) is 0 Å². The number of aromatic nitrogens is 4. The minimum atomic E-state index is -0.467. The van der Waals surface area contributed by atoms with E-state index in [9.17, 15) is 4.79 Å². The molecule has 2 heterocycles. The second-order valence-corrected chi connectivity index (χ2v) is 6.65. The molecule has 0 fully saturated rings. The van der Waals surface area contributed by atoms with Crippen molar-refractivity contribution in [1.82, 2.24) is 20.6 Å². The van der Waals surface area contributed by atoms with Crippen molar-refractivity contribution in [2.24, 2.45) is 4.99 Å². The fourth-order valence-electron chi connectivity index (χ4n) is 3.49. The molecule has 0 aliphatic carbocycles. The number of para-hydroxylation sites is 1. The molecule has 0 spiro atoms. The van der Waals surface area contributed by atoms with Gasteiger partial charge in [0.05, 0.1) is 11.4 Å². The molecule has 1 amide bonds. The van der Waals surface area contributed by atoms with Crippen molar-refractivity contribution in [2.75, 3.05) is 5.32 Å². The van der Waals surface area contributed by atoms with Gasteiger partial charge in [-0.3, -0.25) is 9.79 Å². The summed E-state index contributed by atoms with van der Waals surface area (Å²) in [5, 5.41) is 17.0. The maximum Gasteiger partial charge on any atom is 0.238 e. The highest BCUT2D eigenvalue weighted by Crippen LogP contribution is 2.36. The molecule has 7 nitrogen and oxygen atoms in total. The summed E-state index contributed by atoms with van der Waals surface area (Å²) in [6.07, 6.45) is 0. The van der Waals surface area contributed by atoms with Crippen LogP contribution < -0.4 is 5.32 Å². The molecule has 2 N–H and O–H groups in total. The molecule has 1 unspecified atom stereocenters. The Hall–Kier alpha value is -4.13. The lowest BCUT2D eigenvalue weighted by molar-refractivity contribution is -0.115. The second kappa shape index (κ2) is 7.12. The fraction of sp³-hybridized carbons (Fsp3) is 0.0455. The average molecular weight is 380 g/mol. The molecule has 7 heteroatoms. The van der Waals surface area contributed by atoms with Crippen molar-refractivity contribution in [3.05, 3.63) is 90.0 Å². The number of fused-ring (bicyclic) bond motifs is 1. The lowest BCUT2D eigenvalue weighted by atomic mass is 9.90. The maximum atomic E-state index is 12.8. The molecule has 0 saturated carbocycles. The molecule has 1 aliphatic rings. The van der Waals surface area contributed by atoms with Gasteiger partial charge in [-0.25, -0.2) is 0 Å². The highest BCUT2D eigenvalue weighted by Gasteiger charge is 2.35. The van der Waals surface area contributed by atoms with Gasteiger partial charge in [-0.05, 0) is 46.7 Å². The zero-order chi connectivity index (χ0) is 19.6. The van der Waals surface area contributed by atoms with Crippen LogP contribution in [0.5, 0.6) is 0 Å². The third kappa shape index (κ3) is 3.19. The number of hydrogen-bond acceptors (Lipinski definition) is 5. The summed E-state index contributed by atoms with van der Waals surface area (Å²) in [7, 11) is 0. The Bertz CT molecular complexity index is 1180. The predicted molar refractivity (Wildman–Crippen MR) is 110 cm³/mol. The van der Waals surface area contributed by atoms with Crippen molar-refractivity contribution in [1.29, 1.82) is 0 Å². The minimum absolute atomic E-state index is 0.0720. The van der Waals surface area contributed by atoms with Gasteiger partial charge in [-0.2, -0.15) is 5.21 Å². The quantitative estimate of drug-likeness (QED) is 0.527. The number of aromatic amines is 1. The van der Waals surface area contributed by atoms with Gasteiger partial charge in [0, 0.05) is 11.3 Å². The number of carbonyl (C=O) groups is 1. The zero-order valence-corrected chi connectivity index (χ0v) is 15.3. The van der Waals surface area contributed by atoms with Crippen molar-refractivity contribution in [3.63, 3.8) is 0 Å². The number of H-pyrrole nitrogens is 1. The third-order valence-electron chi connectivity index (χ3n) is 4.86. The van der Waals surface area contributed by atoms with Gasteiger partial charge in [0.1, 0.15) is 5.92 Å². The van der Waals surface area contributed by atoms with E-state index in [0.29, 0.717) is 11.5 Å². The molecule has 1 aromatic heterocycles. The van der Waals surface area contributed by atoms with E-state index in [0.717, 1.165) is 28.1 Å². The zero-order valence-electron chi connectivity index (χ0n) is 15.3. The molecule has 0 saturated heterocycles. The fourth-order valence-corrected chi connectivity index (χ4v) is 3.49. The van der Waals surface area contributed by atoms with E-state index in [1.54, 1.807) is 0 Å². The summed E-state index contributed by atoms with van der Waals surface area (Å²) in [4.78, 5) is 17.7. The number of rotatable bonds is 4. The number of anilines is 1. The van der Waals surface area contributed by atoms with E-state index in [-0.39, 0.29) is 5.91 Å². The number of nitrogens with one attached hydrogen (secondary N) is 2. The average Bonchev–Trinajstić information content (AvgIpc) is 3.41. The Morgan fingerprint density at radius 2 is 1.66 bits per heavy atom. The molecule has 1 aliphatic heterocycles. The van der Waals surface area contributed by atoms with Crippen LogP contribution in [0.2, 0.25) is 0 Å². The maximum absolute atomic E-state index is 12.8. The van der Waals surface area contributed by atoms with Crippen molar-refractivity contribution >= 4 is 23.0 Å². The van der Waals surface area contributed by atoms with Gasteiger partial charge in [0.15, 0.2) is 0 Å². The lowest BCUT2D eigenvalue weighted by Crippen LogP contribution is -2.21. The molecule has 0 bridgehead atoms. The van der Waals surface area contributed by atoms with Crippen LogP contribution in [0.15, 0.2) is 83.9 Å². The number of nitrogens with zero attached hydrogens (tertiary/aromatic N) is 4. The highest BCUT2D eigenvalue weighted by atomic mass is 16.2. The number of benzene rings is 3. The summed E-state index contributed by atoms with van der Waals surface area (Å²) in [5.41, 5.74) is 4.96. The number of hydrogen-bond donors (Lipinski definition) is 2. The van der Waals surface area contributed by atoms with Gasteiger partial charge in [0.2, 0.25) is 11.7 Å².